The Morgan fingerprint density at radius 2 is 0.750 bits per heavy atom. The minimum atomic E-state index is -6.24. The van der Waals surface area contributed by atoms with Crippen molar-refractivity contribution in [2.45, 2.75) is 112 Å². The average molecular weight is 2040 g/mol. The van der Waals surface area contributed by atoms with Gasteiger partial charge in [-0.05, 0) is 227 Å². The number of aliphatic hydroxyl groups excluding tert-OH is 2. The first kappa shape index (κ1) is 112. The van der Waals surface area contributed by atoms with Crippen LogP contribution in [0.25, 0.3) is 43.1 Å². The molecule has 132 heavy (non-hydrogen) atoms. The maximum atomic E-state index is 13.9. The van der Waals surface area contributed by atoms with Crippen LogP contribution in [0, 0.1) is 68.4 Å². The van der Waals surface area contributed by atoms with Gasteiger partial charge in [-0.3, -0.25) is 14.4 Å². The highest BCUT2D eigenvalue weighted by atomic mass is 35.5. The third-order valence-electron chi connectivity index (χ3n) is 17.3. The summed E-state index contributed by atoms with van der Waals surface area (Å²) >= 11 is 39.2. The number of aromatic hydroxyl groups is 2. The van der Waals surface area contributed by atoms with Gasteiger partial charge in [0.05, 0.1) is 73.6 Å². The SMILES string of the molecule is CC(=O)Cc1ccc(F)c(Cl)c1.CCOC(=O)C(=O)c1c(C)cc2cc(Cl)c(F)cc2c1OS(=O)(=O)C(F)(F)F.CCOC(=O)C(O)c1c(C)cc2cc(Cl)c(F)cc2c1O.CCOC(=O)C(O)c1c(C)cc2cc(Cl)c(F)cc2c1OS(=O)(=O)C(F)(F)F.CCOC(=O)C=C(C)Cc1ccc(F)c(Cl)c1.Cc1cc(O)c2cc(F)c(Cl)cc2c1.O=C(O)Cc1ccc(F)c(Cl)c1. The first-order chi connectivity index (χ1) is 61.2. The molecule has 2 unspecified atom stereocenters. The zero-order valence-corrected chi connectivity index (χ0v) is 76.9. The van der Waals surface area contributed by atoms with Gasteiger partial charge in [0.25, 0.3) is 5.78 Å². The van der Waals surface area contributed by atoms with Gasteiger partial charge in [0.1, 0.15) is 58.0 Å². The molecule has 0 spiro atoms. The molecule has 0 fully saturated rings. The number of phenolic OH excluding ortho intramolecular Hbond substituents is 2. The van der Waals surface area contributed by atoms with Crippen molar-refractivity contribution < 1.29 is 160 Å². The second kappa shape index (κ2) is 48.6. The van der Waals surface area contributed by atoms with Crippen LogP contribution in [0.1, 0.15) is 114 Å². The number of ether oxygens (including phenoxy) is 4. The molecule has 0 saturated heterocycles. The van der Waals surface area contributed by atoms with Crippen LogP contribution in [0.5, 0.6) is 23.0 Å². The number of esters is 4. The zero-order valence-electron chi connectivity index (χ0n) is 69.9. The lowest BCUT2D eigenvalue weighted by atomic mass is 9.96. The molecule has 5 N–H and O–H groups in total. The molecule has 0 aliphatic carbocycles. The van der Waals surface area contributed by atoms with Crippen LogP contribution < -0.4 is 8.37 Å². The van der Waals surface area contributed by atoms with Crippen LogP contribution in [0.3, 0.4) is 0 Å². The van der Waals surface area contributed by atoms with Crippen LogP contribution in [0.15, 0.2) is 145 Å². The van der Waals surface area contributed by atoms with E-state index in [1.807, 2.05) is 19.9 Å². The summed E-state index contributed by atoms with van der Waals surface area (Å²) < 4.78 is 242. The quantitative estimate of drug-likeness (QED) is 0.00652. The number of phenols is 2. The van der Waals surface area contributed by atoms with E-state index in [0.717, 1.165) is 51.9 Å². The average Bonchev–Trinajstić information content (AvgIpc) is 0.711. The molecular formula is C88H74Cl7F13O22S2. The fraction of sp³-hybridized carbons (Fsp3) is 0.239. The molecule has 0 heterocycles. The Kier molecular flexibility index (Phi) is 41.1. The summed E-state index contributed by atoms with van der Waals surface area (Å²) in [6.07, 6.45) is -1.67. The van der Waals surface area contributed by atoms with E-state index in [-0.39, 0.29) is 112 Å². The Bertz CT molecular complexity index is 6420. The standard InChI is InChI=1S/C16H13ClF4O6S.C16H11ClF4O6S.C15H14ClFO4.C13H14ClFO2.C11H8ClFO.C9H8ClFO.C8H6ClFO2/c2*1-3-26-15(23)13(22)12-7(2)4-8-5-10(17)11(18)6-9(8)14(12)27-28(24,25)16(19,20)21;1-3-21-15(20)14(19)12-7(2)4-8-5-10(16)11(17)6-9(8)13(12)18;1-3-17-13(16)7-9(2)6-10-4-5-12(15)11(14)8-10;1-6-2-7-4-9(12)10(13)5-8(7)11(14)3-6;1-6(12)4-7-2-3-9(11)8(10)5-7;9-6-3-5(4-8(11)12)1-2-7(6)10/h4-6,13,22H,3H2,1-2H3;4-6H,3H2,1-2H3;4-6,14,18-19H,3H2,1-2H3;4-5,7-8H,3,6H2,1-2H3;2-5,14H,1H3;2-3,5H,4H2,1H3;1-3H,4H2,(H,11,12). The van der Waals surface area contributed by atoms with E-state index in [0.29, 0.717) is 53.5 Å². The van der Waals surface area contributed by atoms with Crippen molar-refractivity contribution in [3.8, 4) is 23.0 Å². The second-order valence-electron chi connectivity index (χ2n) is 27.5. The van der Waals surface area contributed by atoms with Crippen LogP contribution in [0.2, 0.25) is 35.2 Å². The number of halogens is 20. The van der Waals surface area contributed by atoms with Gasteiger partial charge >= 0.3 is 61.1 Å². The van der Waals surface area contributed by atoms with Crippen LogP contribution in [0.4, 0.5) is 57.1 Å². The number of aliphatic carboxylic acids is 1. The normalized spacial score (nSPS) is 11.8. The van der Waals surface area contributed by atoms with E-state index in [9.17, 15) is 128 Å². The molecule has 11 aromatic carbocycles. The third-order valence-corrected chi connectivity index (χ3v) is 21.3. The zero-order chi connectivity index (χ0) is 100. The summed E-state index contributed by atoms with van der Waals surface area (Å²) in [5.74, 6) is -13.6. The van der Waals surface area contributed by atoms with E-state index >= 15 is 0 Å². The summed E-state index contributed by atoms with van der Waals surface area (Å²) in [4.78, 5) is 79.7. The first-order valence-corrected chi connectivity index (χ1v) is 43.0. The molecular weight excluding hydrogens is 1970 g/mol. The van der Waals surface area contributed by atoms with Gasteiger partial charge in [-0.2, -0.15) is 43.2 Å². The lowest BCUT2D eigenvalue weighted by molar-refractivity contribution is -0.154. The molecule has 0 aliphatic heterocycles. The van der Waals surface area contributed by atoms with E-state index in [1.54, 1.807) is 51.1 Å². The Hall–Kier alpha value is -11.0. The number of alkyl halides is 6. The summed E-state index contributed by atoms with van der Waals surface area (Å²) in [7, 11) is -12.4. The van der Waals surface area contributed by atoms with Gasteiger partial charge in [-0.15, -0.1) is 0 Å². The first-order valence-electron chi connectivity index (χ1n) is 37.6. The minimum Gasteiger partial charge on any atom is -0.507 e. The van der Waals surface area contributed by atoms with Gasteiger partial charge in [-0.1, -0.05) is 129 Å². The number of carboxylic acids is 1. The topological polar surface area (TPSA) is 344 Å². The largest absolute Gasteiger partial charge is 0.534 e. The number of hydrogen-bond donors (Lipinski definition) is 5. The number of aliphatic hydroxyl groups is 2. The number of aryl methyl sites for hydroxylation is 4. The molecule has 11 aromatic rings. The van der Waals surface area contributed by atoms with Gasteiger partial charge in [0, 0.05) is 45.2 Å². The van der Waals surface area contributed by atoms with Crippen LogP contribution >= 0.6 is 81.2 Å². The van der Waals surface area contributed by atoms with E-state index < -0.39 is 152 Å². The van der Waals surface area contributed by atoms with Crippen molar-refractivity contribution in [1.29, 1.82) is 0 Å². The molecule has 0 radical (unpaired) electrons. The van der Waals surface area contributed by atoms with E-state index in [4.69, 9.17) is 95.8 Å². The summed E-state index contributed by atoms with van der Waals surface area (Å²) in [6.45, 7) is 15.5. The molecule has 0 bridgehead atoms. The number of rotatable bonds is 21. The predicted octanol–water partition coefficient (Wildman–Crippen LogP) is 22.8. The number of allylic oxidation sites excluding steroid dienone is 1. The van der Waals surface area contributed by atoms with Crippen molar-refractivity contribution in [3.63, 3.8) is 0 Å². The molecule has 0 aliphatic rings. The van der Waals surface area contributed by atoms with Crippen LogP contribution in [-0.2, 0) is 87.2 Å². The Balaban J connectivity index is 0.000000279. The third kappa shape index (κ3) is 30.8. The summed E-state index contributed by atoms with van der Waals surface area (Å²) in [5.41, 5.74) is -8.85. The van der Waals surface area contributed by atoms with Crippen molar-refractivity contribution in [3.05, 3.63) is 277 Å². The monoisotopic (exact) mass is 2040 g/mol. The Morgan fingerprint density at radius 3 is 1.14 bits per heavy atom. The number of fused-ring (bicyclic) bond motifs is 4. The highest BCUT2D eigenvalue weighted by Gasteiger charge is 2.51. The van der Waals surface area contributed by atoms with Crippen LogP contribution in [-0.4, -0.2) is 121 Å². The highest BCUT2D eigenvalue weighted by Crippen LogP contribution is 2.44. The molecule has 44 heteroatoms. The number of benzene rings is 11. The number of ketones is 2. The Labute approximate surface area is 779 Å². The maximum Gasteiger partial charge on any atom is 0.534 e. The predicted molar refractivity (Wildman–Crippen MR) is 467 cm³/mol. The van der Waals surface area contributed by atoms with Gasteiger partial charge in [0.2, 0.25) is 0 Å². The number of Topliss-reactive ketones (excluding diaryl/α,β-unsaturated/α-hetero) is 2. The highest BCUT2D eigenvalue weighted by molar-refractivity contribution is 7.88. The number of carboxylic acid groups (broad SMARTS) is 1. The molecule has 0 aromatic heterocycles. The van der Waals surface area contributed by atoms with Gasteiger partial charge in [-0.25, -0.2) is 49.9 Å². The number of hydrogen-bond acceptors (Lipinski definition) is 21. The molecule has 22 nitrogen and oxygen atoms in total. The van der Waals surface area contributed by atoms with Crippen molar-refractivity contribution in [1.82, 2.24) is 0 Å². The van der Waals surface area contributed by atoms with Gasteiger partial charge < -0.3 is 52.8 Å². The fourth-order valence-electron chi connectivity index (χ4n) is 11.6. The van der Waals surface area contributed by atoms with Crippen molar-refractivity contribution >= 4 is 186 Å². The molecule has 11 rings (SSSR count). The molecule has 0 amide bonds. The van der Waals surface area contributed by atoms with Crippen molar-refractivity contribution in [2.24, 2.45) is 0 Å². The molecule has 2 atom stereocenters. The second-order valence-corrected chi connectivity index (χ2v) is 33.4. The number of carbonyl (C=O) groups is 7. The lowest BCUT2D eigenvalue weighted by Crippen LogP contribution is -2.29. The Morgan fingerprint density at radius 1 is 0.409 bits per heavy atom. The molecule has 0 saturated carbocycles. The molecule has 710 valence electrons. The summed E-state index contributed by atoms with van der Waals surface area (Å²) in [5, 5.41) is 48.7. The van der Waals surface area contributed by atoms with E-state index in [2.05, 4.69) is 17.8 Å². The number of carbonyl (C=O) groups excluding carboxylic acids is 6. The van der Waals surface area contributed by atoms with Crippen molar-refractivity contribution in [2.75, 3.05) is 26.4 Å². The minimum absolute atomic E-state index is 0.00247. The maximum absolute atomic E-state index is 13.9. The van der Waals surface area contributed by atoms with E-state index in [1.165, 1.54) is 101 Å². The fourth-order valence-corrected chi connectivity index (χ4v) is 13.9. The summed E-state index contributed by atoms with van der Waals surface area (Å²) in [6, 6.07) is 28.7. The van der Waals surface area contributed by atoms with Gasteiger partial charge in [0.15, 0.2) is 23.7 Å². The smallest absolute Gasteiger partial charge is 0.507 e. The lowest BCUT2D eigenvalue weighted by Gasteiger charge is -2.20.